The molecule has 13 heteroatoms. The first kappa shape index (κ1) is 39.6. The van der Waals surface area contributed by atoms with Crippen LogP contribution in [0.3, 0.4) is 0 Å². The first-order valence-electron chi connectivity index (χ1n) is 14.6. The molecule has 0 saturated heterocycles. The molecule has 4 N–H and O–H groups in total. The van der Waals surface area contributed by atoms with Crippen LogP contribution in [0.5, 0.6) is 0 Å². The number of carbonyl (C=O) groups is 2. The molecule has 4 unspecified atom stereocenters. The van der Waals surface area contributed by atoms with Crippen LogP contribution in [-0.4, -0.2) is 50.7 Å². The molecule has 0 aliphatic rings. The summed E-state index contributed by atoms with van der Waals surface area (Å²) in [5, 5.41) is -0.777. The second kappa shape index (κ2) is 17.9. The molecule has 0 aliphatic carbocycles. The van der Waals surface area contributed by atoms with E-state index < -0.39 is 42.6 Å². The lowest BCUT2D eigenvalue weighted by Gasteiger charge is -2.16. The number of sulfone groups is 1. The molecule has 246 valence electrons. The van der Waals surface area contributed by atoms with Crippen LogP contribution < -0.4 is 11.5 Å². The minimum atomic E-state index is -3.61. The van der Waals surface area contributed by atoms with Gasteiger partial charge in [-0.25, -0.2) is 8.42 Å². The van der Waals surface area contributed by atoms with Crippen LogP contribution in [-0.2, 0) is 44.3 Å². The zero-order valence-electron chi connectivity index (χ0n) is 26.9. The molecule has 0 spiro atoms. The van der Waals surface area contributed by atoms with E-state index in [4.69, 9.17) is 23.1 Å². The summed E-state index contributed by atoms with van der Waals surface area (Å²) in [5.74, 6) is -0.715. The summed E-state index contributed by atoms with van der Waals surface area (Å²) in [7, 11) is -6.15. The number of benzene rings is 2. The number of carbonyl (C=O) groups excluding carboxylic acids is 2. The van der Waals surface area contributed by atoms with Crippen LogP contribution in [0, 0.1) is 6.92 Å². The number of nitrogens with two attached hydrogens (primary N) is 2. The maximum Gasteiger partial charge on any atom is 0.280 e. The highest BCUT2D eigenvalue weighted by atomic mass is 35.5. The molecule has 0 bridgehead atoms. The van der Waals surface area contributed by atoms with Crippen molar-refractivity contribution in [3.05, 3.63) is 52.1 Å². The lowest BCUT2D eigenvalue weighted by atomic mass is 10.0. The topological polar surface area (TPSA) is 167 Å². The first-order valence-corrected chi connectivity index (χ1v) is 19.3. The molecule has 0 aliphatic heterocycles. The van der Waals surface area contributed by atoms with Gasteiger partial charge in [0.2, 0.25) is 0 Å². The van der Waals surface area contributed by atoms with E-state index in [1.54, 1.807) is 12.1 Å². The van der Waals surface area contributed by atoms with Gasteiger partial charge in [-0.2, -0.15) is 4.99 Å². The highest BCUT2D eigenvalue weighted by molar-refractivity contribution is 7.92. The third-order valence-electron chi connectivity index (χ3n) is 6.96. The Labute approximate surface area is 272 Å². The Kier molecular flexibility index (Phi) is 16.1. The predicted octanol–water partition coefficient (Wildman–Crippen LogP) is 5.59. The van der Waals surface area contributed by atoms with Gasteiger partial charge in [-0.15, -0.1) is 0 Å². The SMILES string of the molecule is CCCC(C)S(=O)c1cc(CC)c(C(=O)Cl)cc1S(C)(=O)=O.CCCC(C)S(=O)c1cc(CC)c(C(=O)N=C(N)N)cc1C. The van der Waals surface area contributed by atoms with Crippen LogP contribution in [0.15, 0.2) is 43.9 Å². The number of rotatable bonds is 13. The summed E-state index contributed by atoms with van der Waals surface area (Å²) < 4.78 is 49.4. The van der Waals surface area contributed by atoms with E-state index in [0.29, 0.717) is 24.0 Å². The number of hydrogen-bond acceptors (Lipinski definition) is 6. The second-order valence-corrected chi connectivity index (χ2v) is 16.6. The maximum absolute atomic E-state index is 12.7. The van der Waals surface area contributed by atoms with Crippen LogP contribution in [0.2, 0.25) is 0 Å². The highest BCUT2D eigenvalue weighted by Crippen LogP contribution is 2.29. The van der Waals surface area contributed by atoms with Gasteiger partial charge in [-0.05, 0) is 85.2 Å². The van der Waals surface area contributed by atoms with E-state index in [1.165, 1.54) is 6.07 Å². The largest absolute Gasteiger partial charge is 0.370 e. The molecular formula is C31H46ClN3O6S3. The van der Waals surface area contributed by atoms with Crippen molar-refractivity contribution < 1.29 is 26.4 Å². The molecule has 9 nitrogen and oxygen atoms in total. The summed E-state index contributed by atoms with van der Waals surface area (Å²) >= 11 is 5.54. The average molecular weight is 688 g/mol. The van der Waals surface area contributed by atoms with Gasteiger partial charge in [-0.3, -0.25) is 18.0 Å². The van der Waals surface area contributed by atoms with Crippen molar-refractivity contribution in [2.45, 2.75) is 112 Å². The van der Waals surface area contributed by atoms with Gasteiger partial charge in [0.05, 0.1) is 31.4 Å². The van der Waals surface area contributed by atoms with E-state index in [9.17, 15) is 26.4 Å². The number of guanidine groups is 1. The van der Waals surface area contributed by atoms with Gasteiger partial charge in [0, 0.05) is 32.8 Å². The van der Waals surface area contributed by atoms with Crippen molar-refractivity contribution in [2.75, 3.05) is 6.26 Å². The third kappa shape index (κ3) is 10.9. The molecule has 2 rings (SSSR count). The Morgan fingerprint density at radius 1 is 0.841 bits per heavy atom. The van der Waals surface area contributed by atoms with Crippen molar-refractivity contribution in [1.29, 1.82) is 0 Å². The van der Waals surface area contributed by atoms with Crippen molar-refractivity contribution in [1.82, 2.24) is 0 Å². The molecule has 0 radical (unpaired) electrons. The van der Waals surface area contributed by atoms with Gasteiger partial charge in [0.25, 0.3) is 11.1 Å². The normalized spacial score (nSPS) is 14.0. The summed E-state index contributed by atoms with van der Waals surface area (Å²) in [4.78, 5) is 28.2. The Morgan fingerprint density at radius 3 is 1.70 bits per heavy atom. The lowest BCUT2D eigenvalue weighted by Crippen LogP contribution is -2.24. The van der Waals surface area contributed by atoms with Gasteiger partial charge in [0.1, 0.15) is 0 Å². The summed E-state index contributed by atoms with van der Waals surface area (Å²) in [6.45, 7) is 13.5. The summed E-state index contributed by atoms with van der Waals surface area (Å²) in [5.41, 5.74) is 13.4. The third-order valence-corrected chi connectivity index (χ3v) is 12.0. The Bertz CT molecular complexity index is 1540. The van der Waals surface area contributed by atoms with Crippen molar-refractivity contribution >= 4 is 60.1 Å². The fourth-order valence-electron chi connectivity index (χ4n) is 4.60. The van der Waals surface area contributed by atoms with Crippen LogP contribution >= 0.6 is 11.6 Å². The van der Waals surface area contributed by atoms with E-state index in [0.717, 1.165) is 48.0 Å². The standard InChI is InChI=1S/C16H25N3O2S.C15H21ClO4S2/c1-5-7-11(4)22(21)14-9-12(6-2)13(8-10(14)3)15(20)19-16(17)18;1-5-7-10(3)21(18)13-8-11(6-2)12(15(16)17)9-14(13)22(4,19)20/h8-9,11H,5-7H2,1-4H3,(H4,17,18,19,20);8-10H,5-7H2,1-4H3. The fourth-order valence-corrected chi connectivity index (χ4v) is 9.15. The zero-order valence-corrected chi connectivity index (χ0v) is 30.1. The minimum Gasteiger partial charge on any atom is -0.370 e. The second-order valence-electron chi connectivity index (χ2n) is 10.6. The minimum absolute atomic E-state index is 0.0741. The van der Waals surface area contributed by atoms with Crippen LogP contribution in [0.4, 0.5) is 0 Å². The number of hydrogen-bond donors (Lipinski definition) is 2. The quantitative estimate of drug-likeness (QED) is 0.156. The number of nitrogens with zero attached hydrogens (tertiary/aromatic N) is 1. The van der Waals surface area contributed by atoms with Gasteiger partial charge < -0.3 is 11.5 Å². The van der Waals surface area contributed by atoms with Crippen LogP contribution in [0.25, 0.3) is 0 Å². The predicted molar refractivity (Wildman–Crippen MR) is 181 cm³/mol. The number of aliphatic imine (C=N–C) groups is 1. The summed E-state index contributed by atoms with van der Waals surface area (Å²) in [6.07, 6.45) is 5.68. The smallest absolute Gasteiger partial charge is 0.280 e. The van der Waals surface area contributed by atoms with Crippen LogP contribution in [0.1, 0.15) is 105 Å². The molecule has 2 aromatic rings. The van der Waals surface area contributed by atoms with Crippen molar-refractivity contribution in [2.24, 2.45) is 16.5 Å². The number of aryl methyl sites for hydroxylation is 3. The Hall–Kier alpha value is -2.41. The van der Waals surface area contributed by atoms with Crippen molar-refractivity contribution in [3.8, 4) is 0 Å². The van der Waals surface area contributed by atoms with Gasteiger partial charge in [-0.1, -0.05) is 54.4 Å². The Morgan fingerprint density at radius 2 is 1.30 bits per heavy atom. The molecule has 0 aromatic heterocycles. The number of amides is 1. The molecule has 0 fully saturated rings. The van der Waals surface area contributed by atoms with E-state index >= 15 is 0 Å². The average Bonchev–Trinajstić information content (AvgIpc) is 2.95. The molecular weight excluding hydrogens is 642 g/mol. The first-order chi connectivity index (χ1) is 20.4. The maximum atomic E-state index is 12.7. The molecule has 0 heterocycles. The lowest BCUT2D eigenvalue weighted by molar-refractivity contribution is 0.100. The molecule has 1 amide bonds. The number of halogens is 1. The van der Waals surface area contributed by atoms with Gasteiger partial charge in [0.15, 0.2) is 15.8 Å². The molecule has 44 heavy (non-hydrogen) atoms. The zero-order chi connectivity index (χ0) is 33.9. The monoisotopic (exact) mass is 687 g/mol. The molecule has 0 saturated carbocycles. The van der Waals surface area contributed by atoms with E-state index in [2.05, 4.69) is 11.9 Å². The van der Waals surface area contributed by atoms with E-state index in [-0.39, 0.29) is 31.8 Å². The summed E-state index contributed by atoms with van der Waals surface area (Å²) in [6, 6.07) is 6.40. The molecule has 2 aromatic carbocycles. The van der Waals surface area contributed by atoms with Crippen molar-refractivity contribution in [3.63, 3.8) is 0 Å². The molecule has 4 atom stereocenters. The fraction of sp³-hybridized carbons (Fsp3) is 0.516. The van der Waals surface area contributed by atoms with Gasteiger partial charge >= 0.3 is 0 Å². The van der Waals surface area contributed by atoms with E-state index in [1.807, 2.05) is 47.6 Å². The Balaban J connectivity index is 0.000000440. The highest BCUT2D eigenvalue weighted by Gasteiger charge is 2.25.